The lowest BCUT2D eigenvalue weighted by Crippen LogP contribution is -2.46. The van der Waals surface area contributed by atoms with E-state index in [9.17, 15) is 9.59 Å². The van der Waals surface area contributed by atoms with Crippen LogP contribution >= 0.6 is 0 Å². The van der Waals surface area contributed by atoms with Gasteiger partial charge in [-0.1, -0.05) is 11.6 Å². The molecule has 0 radical (unpaired) electrons. The zero-order chi connectivity index (χ0) is 18.9. The molecule has 3 rings (SSSR count). The number of nitrogens with zero attached hydrogens (tertiary/aromatic N) is 2. The van der Waals surface area contributed by atoms with Gasteiger partial charge in [-0.15, -0.1) is 0 Å². The zero-order valence-electron chi connectivity index (χ0n) is 15.5. The lowest BCUT2D eigenvalue weighted by Gasteiger charge is -2.35. The van der Waals surface area contributed by atoms with Crippen LogP contribution in [0.1, 0.15) is 42.3 Å². The molecule has 0 saturated heterocycles. The standard InChI is InChI=1S/C21H23N3O2/c1-14-5-6-18-16(11-14)12-17(19(25)23-18)13-24(21(2,3)4)20(26)15-7-9-22-10-8-15/h5-12H,13H2,1-4H3,(H,23,25). The number of carbonyl (C=O) groups excluding carboxylic acids is 1. The third-order valence-electron chi connectivity index (χ3n) is 4.39. The van der Waals surface area contributed by atoms with Gasteiger partial charge in [0.2, 0.25) is 0 Å². The van der Waals surface area contributed by atoms with E-state index in [0.717, 1.165) is 16.5 Å². The van der Waals surface area contributed by atoms with Gasteiger partial charge in [-0.3, -0.25) is 14.6 Å². The molecule has 1 N–H and O–H groups in total. The smallest absolute Gasteiger partial charge is 0.254 e. The first-order valence-corrected chi connectivity index (χ1v) is 8.60. The number of hydrogen-bond acceptors (Lipinski definition) is 3. The topological polar surface area (TPSA) is 66.1 Å². The summed E-state index contributed by atoms with van der Waals surface area (Å²) in [5.41, 5.74) is 2.44. The lowest BCUT2D eigenvalue weighted by atomic mass is 10.0. The predicted molar refractivity (Wildman–Crippen MR) is 103 cm³/mol. The van der Waals surface area contributed by atoms with E-state index >= 15 is 0 Å². The first kappa shape index (κ1) is 17.9. The van der Waals surface area contributed by atoms with Crippen molar-refractivity contribution in [2.24, 2.45) is 0 Å². The second-order valence-corrected chi connectivity index (χ2v) is 7.51. The quantitative estimate of drug-likeness (QED) is 0.784. The van der Waals surface area contributed by atoms with Gasteiger partial charge in [-0.05, 0) is 63.4 Å². The van der Waals surface area contributed by atoms with Crippen LogP contribution in [0, 0.1) is 6.92 Å². The SMILES string of the molecule is Cc1ccc2[nH]c(=O)c(CN(C(=O)c3ccncc3)C(C)(C)C)cc2c1. The highest BCUT2D eigenvalue weighted by molar-refractivity contribution is 5.94. The minimum atomic E-state index is -0.436. The van der Waals surface area contributed by atoms with Crippen molar-refractivity contribution in [2.75, 3.05) is 0 Å². The van der Waals surface area contributed by atoms with Gasteiger partial charge in [0.05, 0.1) is 6.54 Å². The van der Waals surface area contributed by atoms with Crippen molar-refractivity contribution in [2.45, 2.75) is 39.8 Å². The maximum Gasteiger partial charge on any atom is 0.254 e. The van der Waals surface area contributed by atoms with E-state index in [4.69, 9.17) is 0 Å². The summed E-state index contributed by atoms with van der Waals surface area (Å²) in [5, 5.41) is 0.963. The van der Waals surface area contributed by atoms with Crippen LogP contribution in [0.3, 0.4) is 0 Å². The summed E-state index contributed by atoms with van der Waals surface area (Å²) in [5.74, 6) is -0.122. The van der Waals surface area contributed by atoms with Crippen molar-refractivity contribution < 1.29 is 4.79 Å². The summed E-state index contributed by atoms with van der Waals surface area (Å²) in [6.07, 6.45) is 3.19. The highest BCUT2D eigenvalue weighted by Gasteiger charge is 2.28. The molecule has 0 saturated carbocycles. The van der Waals surface area contributed by atoms with Gasteiger partial charge in [0.15, 0.2) is 0 Å². The summed E-state index contributed by atoms with van der Waals surface area (Å²) in [6.45, 7) is 8.14. The van der Waals surface area contributed by atoms with Gasteiger partial charge in [0, 0.05) is 34.6 Å². The minimum absolute atomic E-state index is 0.122. The van der Waals surface area contributed by atoms with E-state index in [2.05, 4.69) is 9.97 Å². The number of nitrogens with one attached hydrogen (secondary N) is 1. The van der Waals surface area contributed by atoms with Crippen molar-refractivity contribution >= 4 is 16.8 Å². The Hall–Kier alpha value is -2.95. The molecule has 5 heteroatoms. The molecule has 1 amide bonds. The van der Waals surface area contributed by atoms with Crippen molar-refractivity contribution in [3.05, 3.63) is 75.8 Å². The van der Waals surface area contributed by atoms with Crippen LogP contribution in [0.25, 0.3) is 10.9 Å². The Morgan fingerprint density at radius 3 is 2.46 bits per heavy atom. The minimum Gasteiger partial charge on any atom is -0.329 e. The van der Waals surface area contributed by atoms with E-state index in [1.54, 1.807) is 29.4 Å². The van der Waals surface area contributed by atoms with Crippen LogP contribution in [0.2, 0.25) is 0 Å². The van der Waals surface area contributed by atoms with Crippen molar-refractivity contribution in [3.8, 4) is 0 Å². The van der Waals surface area contributed by atoms with Crippen molar-refractivity contribution in [3.63, 3.8) is 0 Å². The van der Waals surface area contributed by atoms with Gasteiger partial charge in [-0.2, -0.15) is 0 Å². The summed E-state index contributed by atoms with van der Waals surface area (Å²) in [4.78, 5) is 34.1. The summed E-state index contributed by atoms with van der Waals surface area (Å²) in [7, 11) is 0. The molecular weight excluding hydrogens is 326 g/mol. The Balaban J connectivity index is 2.02. The first-order valence-electron chi connectivity index (χ1n) is 8.60. The molecule has 26 heavy (non-hydrogen) atoms. The largest absolute Gasteiger partial charge is 0.329 e. The predicted octanol–water partition coefficient (Wildman–Crippen LogP) is 3.67. The molecule has 3 aromatic rings. The number of H-pyrrole nitrogens is 1. The van der Waals surface area contributed by atoms with Crippen LogP contribution < -0.4 is 5.56 Å². The van der Waals surface area contributed by atoms with Crippen molar-refractivity contribution in [1.29, 1.82) is 0 Å². The summed E-state index contributed by atoms with van der Waals surface area (Å²) in [6, 6.07) is 11.1. The Kier molecular flexibility index (Phi) is 4.64. The first-order chi connectivity index (χ1) is 12.3. The maximum atomic E-state index is 13.0. The van der Waals surface area contributed by atoms with E-state index < -0.39 is 5.54 Å². The van der Waals surface area contributed by atoms with E-state index in [0.29, 0.717) is 11.1 Å². The van der Waals surface area contributed by atoms with Crippen LogP contribution in [0.4, 0.5) is 0 Å². The van der Waals surface area contributed by atoms with Crippen LogP contribution in [-0.2, 0) is 6.54 Å². The molecule has 0 unspecified atom stereocenters. The Morgan fingerprint density at radius 2 is 1.81 bits per heavy atom. The van der Waals surface area contributed by atoms with Crippen LogP contribution in [0.5, 0.6) is 0 Å². The third-order valence-corrected chi connectivity index (χ3v) is 4.39. The molecule has 2 aromatic heterocycles. The Morgan fingerprint density at radius 1 is 1.12 bits per heavy atom. The number of hydrogen-bond donors (Lipinski definition) is 1. The number of amides is 1. The fraction of sp³-hybridized carbons (Fsp3) is 0.286. The summed E-state index contributed by atoms with van der Waals surface area (Å²) < 4.78 is 0. The van der Waals surface area contributed by atoms with E-state index in [1.807, 2.05) is 52.0 Å². The number of aromatic nitrogens is 2. The van der Waals surface area contributed by atoms with Gasteiger partial charge in [0.25, 0.3) is 11.5 Å². The second-order valence-electron chi connectivity index (χ2n) is 7.51. The normalized spacial score (nSPS) is 11.5. The number of rotatable bonds is 3. The number of aromatic amines is 1. The zero-order valence-corrected chi connectivity index (χ0v) is 15.5. The molecule has 2 heterocycles. The Labute approximate surface area is 152 Å². The molecule has 134 valence electrons. The fourth-order valence-corrected chi connectivity index (χ4v) is 2.92. The molecule has 0 aliphatic rings. The fourth-order valence-electron chi connectivity index (χ4n) is 2.92. The molecular formula is C21H23N3O2. The number of benzene rings is 1. The highest BCUT2D eigenvalue weighted by atomic mass is 16.2. The molecule has 5 nitrogen and oxygen atoms in total. The molecule has 0 fully saturated rings. The van der Waals surface area contributed by atoms with E-state index in [-0.39, 0.29) is 18.0 Å². The van der Waals surface area contributed by atoms with Gasteiger partial charge >= 0.3 is 0 Å². The Bertz CT molecular complexity index is 1000. The molecule has 0 aliphatic heterocycles. The van der Waals surface area contributed by atoms with Crippen molar-refractivity contribution in [1.82, 2.24) is 14.9 Å². The number of aryl methyl sites for hydroxylation is 1. The van der Waals surface area contributed by atoms with Gasteiger partial charge in [0.1, 0.15) is 0 Å². The van der Waals surface area contributed by atoms with Gasteiger partial charge in [-0.25, -0.2) is 0 Å². The average Bonchev–Trinajstić information content (AvgIpc) is 2.59. The highest BCUT2D eigenvalue weighted by Crippen LogP contribution is 2.21. The average molecular weight is 349 g/mol. The molecule has 0 spiro atoms. The van der Waals surface area contributed by atoms with Crippen LogP contribution in [0.15, 0.2) is 53.6 Å². The molecule has 1 aromatic carbocycles. The monoisotopic (exact) mass is 349 g/mol. The van der Waals surface area contributed by atoms with Crippen LogP contribution in [-0.4, -0.2) is 26.3 Å². The lowest BCUT2D eigenvalue weighted by molar-refractivity contribution is 0.0558. The number of carbonyl (C=O) groups is 1. The second kappa shape index (κ2) is 6.75. The number of pyridine rings is 2. The summed E-state index contributed by atoms with van der Waals surface area (Å²) >= 11 is 0. The van der Waals surface area contributed by atoms with Gasteiger partial charge < -0.3 is 9.88 Å². The van der Waals surface area contributed by atoms with E-state index in [1.165, 1.54) is 0 Å². The number of fused-ring (bicyclic) bond motifs is 1. The molecule has 0 aliphatic carbocycles. The molecule has 0 atom stereocenters. The maximum absolute atomic E-state index is 13.0. The third kappa shape index (κ3) is 3.67. The molecule has 0 bridgehead atoms.